The van der Waals surface area contributed by atoms with E-state index in [1.807, 2.05) is 0 Å². The number of piperidine rings is 2. The molecule has 0 radical (unpaired) electrons. The zero-order valence-corrected chi connectivity index (χ0v) is 11.6. The topological polar surface area (TPSA) is 70.5 Å². The van der Waals surface area contributed by atoms with Crippen LogP contribution in [-0.4, -0.2) is 39.0 Å². The minimum atomic E-state index is -1.06. The van der Waals surface area contributed by atoms with E-state index in [1.165, 1.54) is 17.3 Å². The van der Waals surface area contributed by atoms with E-state index in [4.69, 9.17) is 6.42 Å². The molecule has 0 atom stereocenters. The van der Waals surface area contributed by atoms with Gasteiger partial charge in [-0.25, -0.2) is 4.79 Å². The Morgan fingerprint density at radius 2 is 2.10 bits per heavy atom. The summed E-state index contributed by atoms with van der Waals surface area (Å²) in [6.07, 6.45) is 11.1. The van der Waals surface area contributed by atoms with Crippen molar-refractivity contribution in [2.45, 2.75) is 31.2 Å². The van der Waals surface area contributed by atoms with Gasteiger partial charge in [0, 0.05) is 24.5 Å². The number of carboxylic acids is 1. The van der Waals surface area contributed by atoms with Gasteiger partial charge in [-0.15, -0.1) is 6.42 Å². The lowest BCUT2D eigenvalue weighted by atomic mass is 9.70. The first-order valence-corrected chi connectivity index (χ1v) is 7.04. The summed E-state index contributed by atoms with van der Waals surface area (Å²) in [7, 11) is 0. The highest BCUT2D eigenvalue weighted by molar-refractivity contribution is 5.98. The van der Waals surface area contributed by atoms with Crippen LogP contribution >= 0.6 is 0 Å². The van der Waals surface area contributed by atoms with Gasteiger partial charge in [0.2, 0.25) is 0 Å². The zero-order chi connectivity index (χ0) is 15.0. The van der Waals surface area contributed by atoms with E-state index in [2.05, 4.69) is 10.9 Å². The van der Waals surface area contributed by atoms with Crippen LogP contribution in [0.15, 0.2) is 18.5 Å². The summed E-state index contributed by atoms with van der Waals surface area (Å²) in [6.45, 7) is 0.505. The van der Waals surface area contributed by atoms with Crippen LogP contribution in [0, 0.1) is 18.3 Å². The van der Waals surface area contributed by atoms with Crippen molar-refractivity contribution in [1.82, 2.24) is 9.88 Å². The average Bonchev–Trinajstić information content (AvgIpc) is 2.55. The maximum absolute atomic E-state index is 12.7. The molecule has 2 bridgehead atoms. The summed E-state index contributed by atoms with van der Waals surface area (Å²) in [4.78, 5) is 30.0. The number of terminal acetylenes is 1. The Balaban J connectivity index is 1.96. The van der Waals surface area contributed by atoms with Crippen LogP contribution in [0.2, 0.25) is 0 Å². The third-order valence-corrected chi connectivity index (χ3v) is 4.68. The largest absolute Gasteiger partial charge is 0.479 e. The molecule has 2 aliphatic heterocycles. The molecule has 1 N–H and O–H groups in total. The highest BCUT2D eigenvalue weighted by atomic mass is 16.4. The summed E-state index contributed by atoms with van der Waals surface area (Å²) >= 11 is 0. The fourth-order valence-electron chi connectivity index (χ4n) is 3.44. The third-order valence-electron chi connectivity index (χ3n) is 4.68. The second kappa shape index (κ2) is 4.88. The SMILES string of the molecule is C#Cc1cncc(C(=O)N2CC3CCC2(C(=O)O)CC3)c1. The number of pyridine rings is 1. The van der Waals surface area contributed by atoms with Crippen molar-refractivity contribution in [3.8, 4) is 12.3 Å². The van der Waals surface area contributed by atoms with Crippen molar-refractivity contribution in [1.29, 1.82) is 0 Å². The van der Waals surface area contributed by atoms with E-state index in [0.717, 1.165) is 12.8 Å². The Bertz CT molecular complexity index is 639. The van der Waals surface area contributed by atoms with Gasteiger partial charge in [-0.1, -0.05) is 5.92 Å². The Kier molecular flexibility index (Phi) is 3.17. The van der Waals surface area contributed by atoms with Crippen LogP contribution in [-0.2, 0) is 4.79 Å². The number of carbonyl (C=O) groups excluding carboxylic acids is 1. The molecule has 1 aromatic heterocycles. The molecule has 0 aromatic carbocycles. The van der Waals surface area contributed by atoms with E-state index < -0.39 is 11.5 Å². The minimum Gasteiger partial charge on any atom is -0.479 e. The van der Waals surface area contributed by atoms with Crippen molar-refractivity contribution in [2.24, 2.45) is 5.92 Å². The number of fused-ring (bicyclic) bond motifs is 3. The maximum atomic E-state index is 12.7. The van der Waals surface area contributed by atoms with Gasteiger partial charge in [0.1, 0.15) is 5.54 Å². The van der Waals surface area contributed by atoms with Gasteiger partial charge in [0.15, 0.2) is 0 Å². The van der Waals surface area contributed by atoms with E-state index in [9.17, 15) is 14.7 Å². The second-order valence-corrected chi connectivity index (χ2v) is 5.80. The summed E-state index contributed by atoms with van der Waals surface area (Å²) in [5.41, 5.74) is -0.177. The lowest BCUT2D eigenvalue weighted by Crippen LogP contribution is -2.64. The average molecular weight is 284 g/mol. The molecule has 1 amide bonds. The van der Waals surface area contributed by atoms with Crippen LogP contribution in [0.1, 0.15) is 41.6 Å². The molecule has 108 valence electrons. The number of hydrogen-bond acceptors (Lipinski definition) is 3. The highest BCUT2D eigenvalue weighted by Gasteiger charge is 2.53. The molecule has 3 aliphatic rings. The lowest BCUT2D eigenvalue weighted by molar-refractivity contribution is -0.157. The Morgan fingerprint density at radius 3 is 2.71 bits per heavy atom. The van der Waals surface area contributed by atoms with E-state index in [1.54, 1.807) is 6.07 Å². The Morgan fingerprint density at radius 1 is 1.38 bits per heavy atom. The van der Waals surface area contributed by atoms with Gasteiger partial charge in [-0.3, -0.25) is 9.78 Å². The molecule has 5 nitrogen and oxygen atoms in total. The summed E-state index contributed by atoms with van der Waals surface area (Å²) in [5, 5.41) is 9.64. The zero-order valence-electron chi connectivity index (χ0n) is 11.6. The van der Waals surface area contributed by atoms with Crippen molar-refractivity contribution in [3.05, 3.63) is 29.6 Å². The summed E-state index contributed by atoms with van der Waals surface area (Å²) in [5.74, 6) is 1.65. The smallest absolute Gasteiger partial charge is 0.329 e. The fourth-order valence-corrected chi connectivity index (χ4v) is 3.44. The first-order valence-electron chi connectivity index (χ1n) is 7.04. The number of amides is 1. The quantitative estimate of drug-likeness (QED) is 0.836. The third kappa shape index (κ3) is 2.07. The van der Waals surface area contributed by atoms with Crippen LogP contribution in [0.3, 0.4) is 0 Å². The first kappa shape index (κ1) is 13.6. The number of carboxylic acid groups (broad SMARTS) is 1. The predicted octanol–water partition coefficient (Wildman–Crippen LogP) is 1.53. The molecule has 1 saturated carbocycles. The van der Waals surface area contributed by atoms with Crippen molar-refractivity contribution in [3.63, 3.8) is 0 Å². The monoisotopic (exact) mass is 284 g/mol. The van der Waals surface area contributed by atoms with E-state index in [0.29, 0.717) is 36.4 Å². The number of nitrogens with zero attached hydrogens (tertiary/aromatic N) is 2. The van der Waals surface area contributed by atoms with Gasteiger partial charge in [0.05, 0.1) is 5.56 Å². The number of aliphatic carboxylic acids is 1. The van der Waals surface area contributed by atoms with Crippen molar-refractivity contribution < 1.29 is 14.7 Å². The standard InChI is InChI=1S/C16H16N2O3/c1-2-11-7-13(9-17-8-11)14(19)18-10-12-3-5-16(18,6-4-12)15(20)21/h1,7-9,12H,3-6,10H2,(H,20,21). The molecular weight excluding hydrogens is 268 g/mol. The summed E-state index contributed by atoms with van der Waals surface area (Å²) < 4.78 is 0. The Hall–Kier alpha value is -2.35. The minimum absolute atomic E-state index is 0.286. The molecule has 1 aromatic rings. The van der Waals surface area contributed by atoms with E-state index >= 15 is 0 Å². The molecule has 3 fully saturated rings. The molecule has 1 aliphatic carbocycles. The molecule has 0 unspecified atom stereocenters. The van der Waals surface area contributed by atoms with Gasteiger partial charge >= 0.3 is 5.97 Å². The molecule has 0 spiro atoms. The lowest BCUT2D eigenvalue weighted by Gasteiger charge is -2.51. The highest BCUT2D eigenvalue weighted by Crippen LogP contribution is 2.43. The Labute approximate surface area is 123 Å². The molecule has 21 heavy (non-hydrogen) atoms. The van der Waals surface area contributed by atoms with Crippen LogP contribution in [0.5, 0.6) is 0 Å². The van der Waals surface area contributed by atoms with Crippen LogP contribution < -0.4 is 0 Å². The van der Waals surface area contributed by atoms with Crippen molar-refractivity contribution in [2.75, 3.05) is 6.54 Å². The number of carbonyl (C=O) groups is 2. The number of hydrogen-bond donors (Lipinski definition) is 1. The number of rotatable bonds is 2. The molecule has 5 heteroatoms. The molecule has 3 heterocycles. The van der Waals surface area contributed by atoms with Gasteiger partial charge < -0.3 is 10.0 Å². The van der Waals surface area contributed by atoms with Gasteiger partial charge in [-0.05, 0) is 37.7 Å². The van der Waals surface area contributed by atoms with Gasteiger partial charge in [0.25, 0.3) is 5.91 Å². The summed E-state index contributed by atoms with van der Waals surface area (Å²) in [6, 6.07) is 1.59. The van der Waals surface area contributed by atoms with Gasteiger partial charge in [-0.2, -0.15) is 0 Å². The normalized spacial score (nSPS) is 27.2. The second-order valence-electron chi connectivity index (χ2n) is 5.80. The predicted molar refractivity (Wildman–Crippen MR) is 75.5 cm³/mol. The van der Waals surface area contributed by atoms with E-state index in [-0.39, 0.29) is 5.91 Å². The molecular formula is C16H16N2O3. The molecule has 2 saturated heterocycles. The first-order chi connectivity index (χ1) is 10.1. The van der Waals surface area contributed by atoms with Crippen LogP contribution in [0.4, 0.5) is 0 Å². The number of aromatic nitrogens is 1. The van der Waals surface area contributed by atoms with Crippen LogP contribution in [0.25, 0.3) is 0 Å². The fraction of sp³-hybridized carbons (Fsp3) is 0.438. The van der Waals surface area contributed by atoms with Crippen molar-refractivity contribution >= 4 is 11.9 Å². The maximum Gasteiger partial charge on any atom is 0.329 e. The molecule has 4 rings (SSSR count).